The molecule has 0 amide bonds. The Morgan fingerprint density at radius 3 is 3.08 bits per heavy atom. The average Bonchev–Trinajstić information content (AvgIpc) is 2.60. The Balaban J connectivity index is 2.56. The van der Waals surface area contributed by atoms with Crippen molar-refractivity contribution in [3.8, 4) is 0 Å². The van der Waals surface area contributed by atoms with E-state index in [4.69, 9.17) is 11.6 Å². The van der Waals surface area contributed by atoms with Crippen molar-refractivity contribution in [2.24, 2.45) is 0 Å². The van der Waals surface area contributed by atoms with E-state index in [0.717, 1.165) is 11.3 Å². The van der Waals surface area contributed by atoms with Gasteiger partial charge in [-0.1, -0.05) is 0 Å². The standard InChI is InChI=1S/C8H10BrNOS/c9-7-5-12-8(10-7)6-1-3-11-4-2-6/h5-6H,1-4H2/i1D2,2D2,6D. The molecular formula is C8H10BrNOS. The third kappa shape index (κ3) is 1.87. The number of ether oxygens (including phenoxy) is 1. The van der Waals surface area contributed by atoms with Crippen molar-refractivity contribution in [3.63, 3.8) is 0 Å². The lowest BCUT2D eigenvalue weighted by molar-refractivity contribution is 0.0852. The Bertz CT molecular complexity index is 421. The summed E-state index contributed by atoms with van der Waals surface area (Å²) < 4.78 is 45.1. The Kier molecular flexibility index (Phi) is 1.45. The molecule has 1 aliphatic rings. The summed E-state index contributed by atoms with van der Waals surface area (Å²) in [7, 11) is 0. The normalized spacial score (nSPS) is 36.9. The molecule has 1 aromatic rings. The zero-order chi connectivity index (χ0) is 12.9. The molecule has 0 saturated carbocycles. The topological polar surface area (TPSA) is 22.1 Å². The highest BCUT2D eigenvalue weighted by Crippen LogP contribution is 2.30. The van der Waals surface area contributed by atoms with Crippen molar-refractivity contribution in [1.29, 1.82) is 0 Å². The Morgan fingerprint density at radius 2 is 2.50 bits per heavy atom. The lowest BCUT2D eigenvalue weighted by Gasteiger charge is -2.19. The summed E-state index contributed by atoms with van der Waals surface area (Å²) in [5.41, 5.74) is 0. The van der Waals surface area contributed by atoms with Crippen LogP contribution in [0.2, 0.25) is 0 Å². The van der Waals surface area contributed by atoms with Crippen molar-refractivity contribution >= 4 is 27.3 Å². The number of halogens is 1. The van der Waals surface area contributed by atoms with Crippen LogP contribution >= 0.6 is 27.3 Å². The van der Waals surface area contributed by atoms with Crippen molar-refractivity contribution in [1.82, 2.24) is 4.98 Å². The van der Waals surface area contributed by atoms with Crippen LogP contribution in [-0.4, -0.2) is 18.2 Å². The molecule has 1 aliphatic heterocycles. The molecule has 2 heterocycles. The van der Waals surface area contributed by atoms with Gasteiger partial charge in [-0.25, -0.2) is 4.98 Å². The Labute approximate surface area is 91.1 Å². The molecule has 0 aromatic carbocycles. The van der Waals surface area contributed by atoms with Gasteiger partial charge in [0.05, 0.1) is 5.01 Å². The first-order chi connectivity index (χ1) is 7.71. The van der Waals surface area contributed by atoms with Gasteiger partial charge in [0.2, 0.25) is 0 Å². The average molecular weight is 253 g/mol. The summed E-state index contributed by atoms with van der Waals surface area (Å²) in [6, 6.07) is 0. The number of hydrogen-bond donors (Lipinski definition) is 0. The fraction of sp³-hybridized carbons (Fsp3) is 0.625. The van der Waals surface area contributed by atoms with Gasteiger partial charge in [0.1, 0.15) is 4.60 Å². The summed E-state index contributed by atoms with van der Waals surface area (Å²) in [6.45, 7) is -0.597. The molecule has 2 nitrogen and oxygen atoms in total. The first kappa shape index (κ1) is 4.53. The van der Waals surface area contributed by atoms with E-state index >= 15 is 0 Å². The number of rotatable bonds is 1. The number of thiazole rings is 1. The van der Waals surface area contributed by atoms with E-state index < -0.39 is 18.6 Å². The van der Waals surface area contributed by atoms with Crippen LogP contribution in [0.15, 0.2) is 9.98 Å². The fourth-order valence-corrected chi connectivity index (χ4v) is 2.13. The van der Waals surface area contributed by atoms with Gasteiger partial charge in [0.15, 0.2) is 0 Å². The van der Waals surface area contributed by atoms with Crippen LogP contribution < -0.4 is 0 Å². The van der Waals surface area contributed by atoms with E-state index in [1.165, 1.54) is 0 Å². The molecule has 0 unspecified atom stereocenters. The van der Waals surface area contributed by atoms with E-state index in [1.807, 2.05) is 0 Å². The van der Waals surface area contributed by atoms with Gasteiger partial charge in [-0.05, 0) is 28.7 Å². The molecule has 1 fully saturated rings. The minimum Gasteiger partial charge on any atom is -0.381 e. The molecule has 1 saturated heterocycles. The molecule has 0 aliphatic carbocycles. The van der Waals surface area contributed by atoms with Crippen molar-refractivity contribution in [3.05, 3.63) is 15.0 Å². The second-order valence-corrected chi connectivity index (χ2v) is 3.87. The van der Waals surface area contributed by atoms with E-state index in [-0.39, 0.29) is 18.2 Å². The summed E-state index contributed by atoms with van der Waals surface area (Å²) in [4.78, 5) is 4.01. The molecule has 12 heavy (non-hydrogen) atoms. The van der Waals surface area contributed by atoms with Gasteiger partial charge in [-0.2, -0.15) is 0 Å². The highest BCUT2D eigenvalue weighted by molar-refractivity contribution is 9.10. The molecule has 0 bridgehead atoms. The van der Waals surface area contributed by atoms with Gasteiger partial charge in [0.25, 0.3) is 0 Å². The highest BCUT2D eigenvalue weighted by atomic mass is 79.9. The van der Waals surface area contributed by atoms with Gasteiger partial charge >= 0.3 is 0 Å². The maximum absolute atomic E-state index is 8.28. The van der Waals surface area contributed by atoms with Crippen LogP contribution in [0.4, 0.5) is 0 Å². The van der Waals surface area contributed by atoms with Crippen LogP contribution in [-0.2, 0) is 4.74 Å². The predicted octanol–water partition coefficient (Wildman–Crippen LogP) is 2.80. The van der Waals surface area contributed by atoms with Crippen molar-refractivity contribution < 1.29 is 11.6 Å². The molecule has 1 aromatic heterocycles. The lowest BCUT2D eigenvalue weighted by atomic mass is 10.0. The number of hydrogen-bond acceptors (Lipinski definition) is 3. The van der Waals surface area contributed by atoms with Crippen LogP contribution in [0, 0.1) is 0 Å². The summed E-state index contributed by atoms with van der Waals surface area (Å²) >= 11 is 4.22. The van der Waals surface area contributed by atoms with E-state index in [9.17, 15) is 0 Å². The monoisotopic (exact) mass is 252 g/mol. The van der Waals surface area contributed by atoms with Crippen molar-refractivity contribution in [2.75, 3.05) is 13.2 Å². The quantitative estimate of drug-likeness (QED) is 0.767. The second-order valence-electron chi connectivity index (χ2n) is 2.20. The predicted molar refractivity (Wildman–Crippen MR) is 52.6 cm³/mol. The minimum atomic E-state index is -2.12. The van der Waals surface area contributed by atoms with E-state index in [2.05, 4.69) is 20.9 Å². The molecule has 0 spiro atoms. The second kappa shape index (κ2) is 3.85. The lowest BCUT2D eigenvalue weighted by Crippen LogP contribution is -2.13. The van der Waals surface area contributed by atoms with Gasteiger partial charge in [-0.15, -0.1) is 11.3 Å². The Hall–Kier alpha value is 0.0700. The molecule has 66 valence electrons. The van der Waals surface area contributed by atoms with Gasteiger partial charge in [-0.3, -0.25) is 0 Å². The molecule has 0 atom stereocenters. The maximum Gasteiger partial charge on any atom is 0.117 e. The largest absolute Gasteiger partial charge is 0.381 e. The highest BCUT2D eigenvalue weighted by Gasteiger charge is 2.18. The van der Waals surface area contributed by atoms with E-state index in [1.54, 1.807) is 5.38 Å². The Morgan fingerprint density at radius 1 is 1.75 bits per heavy atom. The SMILES string of the molecule is [2H]C1([2H])COCC([2H])([2H])C1([2H])c1nc(Br)cs1. The zero-order valence-electron chi connectivity index (χ0n) is 11.1. The zero-order valence-corrected chi connectivity index (χ0v) is 8.54. The van der Waals surface area contributed by atoms with Crippen LogP contribution in [0.25, 0.3) is 0 Å². The van der Waals surface area contributed by atoms with Crippen molar-refractivity contribution in [2.45, 2.75) is 18.6 Å². The summed E-state index contributed by atoms with van der Waals surface area (Å²) in [6.07, 6.45) is -4.24. The van der Waals surface area contributed by atoms with E-state index in [0.29, 0.717) is 4.60 Å². The molecule has 2 rings (SSSR count). The van der Waals surface area contributed by atoms with Crippen LogP contribution in [0.3, 0.4) is 0 Å². The third-order valence-electron chi connectivity index (χ3n) is 1.39. The number of aromatic nitrogens is 1. The molecule has 0 radical (unpaired) electrons. The molecular weight excluding hydrogens is 238 g/mol. The van der Waals surface area contributed by atoms with Crippen LogP contribution in [0.1, 0.15) is 30.5 Å². The van der Waals surface area contributed by atoms with Crippen LogP contribution in [0.5, 0.6) is 0 Å². The molecule has 4 heteroatoms. The molecule has 0 N–H and O–H groups in total. The minimum absolute atomic E-state index is 0.127. The first-order valence-corrected chi connectivity index (χ1v) is 5.07. The fourth-order valence-electron chi connectivity index (χ4n) is 0.880. The summed E-state index contributed by atoms with van der Waals surface area (Å²) in [5.74, 6) is -2.05. The van der Waals surface area contributed by atoms with Gasteiger partial charge in [0, 0.05) is 31.3 Å². The number of nitrogens with zero attached hydrogens (tertiary/aromatic N) is 1. The smallest absolute Gasteiger partial charge is 0.117 e. The van der Waals surface area contributed by atoms with Gasteiger partial charge < -0.3 is 4.74 Å². The first-order valence-electron chi connectivity index (χ1n) is 5.90. The summed E-state index contributed by atoms with van der Waals surface area (Å²) in [5, 5.41) is 1.75. The third-order valence-corrected chi connectivity index (χ3v) is 2.96. The maximum atomic E-state index is 8.28.